The van der Waals surface area contributed by atoms with Crippen LogP contribution >= 0.6 is 0 Å². The molecule has 1 atom stereocenters. The van der Waals surface area contributed by atoms with Crippen molar-refractivity contribution in [1.29, 1.82) is 0 Å². The van der Waals surface area contributed by atoms with Gasteiger partial charge in [0.2, 0.25) is 5.95 Å². The normalized spacial score (nSPS) is 15.5. The Labute approximate surface area is 161 Å². The number of allylic oxidation sites excluding steroid dienone is 1. The second-order valence-electron chi connectivity index (χ2n) is 6.59. The van der Waals surface area contributed by atoms with Crippen LogP contribution in [-0.2, 0) is 0 Å². The molecule has 6 heteroatoms. The molecule has 0 fully saturated rings. The Kier molecular flexibility index (Phi) is 3.94. The maximum Gasteiger partial charge on any atom is 0.248 e. The molecule has 28 heavy (non-hydrogen) atoms. The van der Waals surface area contributed by atoms with E-state index in [1.807, 2.05) is 24.3 Å². The predicted octanol–water partition coefficient (Wildman–Crippen LogP) is 4.54. The average molecular weight is 369 g/mol. The van der Waals surface area contributed by atoms with E-state index in [2.05, 4.69) is 57.2 Å². The quantitative estimate of drug-likeness (QED) is 0.576. The molecule has 0 radical (unpaired) electrons. The Morgan fingerprint density at radius 1 is 0.786 bits per heavy atom. The van der Waals surface area contributed by atoms with E-state index in [9.17, 15) is 4.39 Å². The van der Waals surface area contributed by atoms with Gasteiger partial charge in [-0.25, -0.2) is 4.39 Å². The summed E-state index contributed by atoms with van der Waals surface area (Å²) >= 11 is 0. The summed E-state index contributed by atoms with van der Waals surface area (Å²) in [4.78, 5) is 0. The molecule has 1 aliphatic heterocycles. The van der Waals surface area contributed by atoms with Gasteiger partial charge >= 0.3 is 0 Å². The molecule has 1 aromatic heterocycles. The van der Waals surface area contributed by atoms with Crippen LogP contribution in [0.4, 0.5) is 10.3 Å². The highest BCUT2D eigenvalue weighted by Crippen LogP contribution is 2.32. The number of fused-ring (bicyclic) bond motifs is 1. The third kappa shape index (κ3) is 2.95. The van der Waals surface area contributed by atoms with Gasteiger partial charge in [0.15, 0.2) is 0 Å². The number of aromatic nitrogens is 4. The zero-order valence-electron chi connectivity index (χ0n) is 14.8. The van der Waals surface area contributed by atoms with Crippen LogP contribution in [0.1, 0.15) is 17.2 Å². The standard InChI is InChI=1S/C22H16FN5/c23-19-12-10-18(11-13-19)21-14-20(24-22-25-26-27-28(21)22)17-8-6-16(7-9-17)15-4-2-1-3-5-15/h1-14,21H,(H,24,25,27)/t21-/m1/s1. The smallest absolute Gasteiger partial charge is 0.248 e. The van der Waals surface area contributed by atoms with Crippen LogP contribution < -0.4 is 5.32 Å². The van der Waals surface area contributed by atoms with Crippen LogP contribution in [0.15, 0.2) is 84.9 Å². The number of hydrogen-bond donors (Lipinski definition) is 1. The van der Waals surface area contributed by atoms with Crippen LogP contribution in [-0.4, -0.2) is 20.2 Å². The van der Waals surface area contributed by atoms with Gasteiger partial charge in [-0.3, -0.25) is 0 Å². The molecule has 0 spiro atoms. The summed E-state index contributed by atoms with van der Waals surface area (Å²) in [5.41, 5.74) is 5.18. The van der Waals surface area contributed by atoms with Crippen molar-refractivity contribution in [2.24, 2.45) is 0 Å². The first kappa shape index (κ1) is 16.4. The number of anilines is 1. The van der Waals surface area contributed by atoms with Crippen LogP contribution in [0.5, 0.6) is 0 Å². The number of halogens is 1. The van der Waals surface area contributed by atoms with E-state index < -0.39 is 0 Å². The van der Waals surface area contributed by atoms with Crippen molar-refractivity contribution < 1.29 is 4.39 Å². The second-order valence-corrected chi connectivity index (χ2v) is 6.59. The highest BCUT2D eigenvalue weighted by Gasteiger charge is 2.24. The number of hydrogen-bond acceptors (Lipinski definition) is 4. The molecule has 5 nitrogen and oxygen atoms in total. The number of nitrogens with zero attached hydrogens (tertiary/aromatic N) is 4. The summed E-state index contributed by atoms with van der Waals surface area (Å²) in [6, 6.07) is 24.8. The summed E-state index contributed by atoms with van der Waals surface area (Å²) < 4.78 is 15.0. The minimum Gasteiger partial charge on any atom is -0.323 e. The third-order valence-corrected chi connectivity index (χ3v) is 4.84. The largest absolute Gasteiger partial charge is 0.323 e. The summed E-state index contributed by atoms with van der Waals surface area (Å²) in [6.07, 6.45) is 2.05. The lowest BCUT2D eigenvalue weighted by Crippen LogP contribution is -2.20. The Morgan fingerprint density at radius 2 is 1.46 bits per heavy atom. The lowest BCUT2D eigenvalue weighted by molar-refractivity contribution is 0.582. The Balaban J connectivity index is 1.52. The van der Waals surface area contributed by atoms with Crippen molar-refractivity contribution in [1.82, 2.24) is 20.2 Å². The van der Waals surface area contributed by atoms with Crippen molar-refractivity contribution in [3.05, 3.63) is 102 Å². The van der Waals surface area contributed by atoms with Crippen LogP contribution in [0.25, 0.3) is 16.8 Å². The molecule has 1 aliphatic rings. The first-order valence-electron chi connectivity index (χ1n) is 8.96. The molecule has 136 valence electrons. The minimum absolute atomic E-state index is 0.212. The highest BCUT2D eigenvalue weighted by molar-refractivity contribution is 5.78. The van der Waals surface area contributed by atoms with Gasteiger partial charge in [0, 0.05) is 5.70 Å². The van der Waals surface area contributed by atoms with E-state index >= 15 is 0 Å². The summed E-state index contributed by atoms with van der Waals surface area (Å²) in [5.74, 6) is 0.286. The first-order valence-corrected chi connectivity index (χ1v) is 8.96. The summed E-state index contributed by atoms with van der Waals surface area (Å²) in [7, 11) is 0. The van der Waals surface area contributed by atoms with Gasteiger partial charge in [0.1, 0.15) is 11.9 Å². The van der Waals surface area contributed by atoms with Gasteiger partial charge in [-0.1, -0.05) is 71.8 Å². The fourth-order valence-corrected chi connectivity index (χ4v) is 3.39. The number of tetrazole rings is 1. The van der Waals surface area contributed by atoms with Crippen molar-refractivity contribution >= 4 is 11.6 Å². The van der Waals surface area contributed by atoms with Crippen molar-refractivity contribution in [3.8, 4) is 11.1 Å². The van der Waals surface area contributed by atoms with E-state index in [1.165, 1.54) is 17.7 Å². The third-order valence-electron chi connectivity index (χ3n) is 4.84. The van der Waals surface area contributed by atoms with Crippen LogP contribution in [0, 0.1) is 5.82 Å². The molecule has 0 amide bonds. The van der Waals surface area contributed by atoms with E-state index in [4.69, 9.17) is 0 Å². The van der Waals surface area contributed by atoms with Gasteiger partial charge in [-0.15, -0.1) is 0 Å². The molecular weight excluding hydrogens is 353 g/mol. The van der Waals surface area contributed by atoms with Gasteiger partial charge in [0.25, 0.3) is 0 Å². The fraction of sp³-hybridized carbons (Fsp3) is 0.0455. The number of rotatable bonds is 3. The number of benzene rings is 3. The molecular formula is C22H16FN5. The minimum atomic E-state index is -0.268. The fourth-order valence-electron chi connectivity index (χ4n) is 3.39. The van der Waals surface area contributed by atoms with E-state index in [-0.39, 0.29) is 11.9 Å². The lowest BCUT2D eigenvalue weighted by Gasteiger charge is -2.23. The number of nitrogens with one attached hydrogen (secondary N) is 1. The van der Waals surface area contributed by atoms with Crippen LogP contribution in [0.2, 0.25) is 0 Å². The molecule has 0 saturated heterocycles. The van der Waals surface area contributed by atoms with E-state index in [0.717, 1.165) is 22.4 Å². The Morgan fingerprint density at radius 3 is 2.21 bits per heavy atom. The monoisotopic (exact) mass is 369 g/mol. The molecule has 4 aromatic rings. The van der Waals surface area contributed by atoms with Crippen molar-refractivity contribution in [2.45, 2.75) is 6.04 Å². The van der Waals surface area contributed by atoms with Crippen molar-refractivity contribution in [3.63, 3.8) is 0 Å². The van der Waals surface area contributed by atoms with Crippen LogP contribution in [0.3, 0.4) is 0 Å². The maximum absolute atomic E-state index is 13.3. The molecule has 0 unspecified atom stereocenters. The lowest BCUT2D eigenvalue weighted by atomic mass is 9.99. The zero-order chi connectivity index (χ0) is 18.9. The SMILES string of the molecule is Fc1ccc([C@H]2C=C(c3ccc(-c4ccccc4)cc3)Nc3nnnn32)cc1. The van der Waals surface area contributed by atoms with Gasteiger partial charge in [-0.2, -0.15) is 4.68 Å². The van der Waals surface area contributed by atoms with E-state index in [1.54, 1.807) is 16.8 Å². The zero-order valence-corrected chi connectivity index (χ0v) is 14.8. The Bertz CT molecular complexity index is 1130. The summed E-state index contributed by atoms with van der Waals surface area (Å²) in [5, 5.41) is 15.2. The van der Waals surface area contributed by atoms with E-state index in [0.29, 0.717) is 5.95 Å². The topological polar surface area (TPSA) is 55.6 Å². The van der Waals surface area contributed by atoms with Gasteiger partial charge in [-0.05, 0) is 50.9 Å². The molecule has 1 N–H and O–H groups in total. The highest BCUT2D eigenvalue weighted by atomic mass is 19.1. The second kappa shape index (κ2) is 6.74. The van der Waals surface area contributed by atoms with Gasteiger partial charge in [0.05, 0.1) is 0 Å². The Hall–Kier alpha value is -3.80. The van der Waals surface area contributed by atoms with Crippen molar-refractivity contribution in [2.75, 3.05) is 5.32 Å². The predicted molar refractivity (Wildman–Crippen MR) is 106 cm³/mol. The molecule has 0 saturated carbocycles. The molecule has 0 bridgehead atoms. The first-order chi connectivity index (χ1) is 13.8. The molecule has 5 rings (SSSR count). The summed E-state index contributed by atoms with van der Waals surface area (Å²) in [6.45, 7) is 0. The van der Waals surface area contributed by atoms with Gasteiger partial charge < -0.3 is 5.32 Å². The molecule has 2 heterocycles. The average Bonchev–Trinajstić information content (AvgIpc) is 3.23. The maximum atomic E-state index is 13.3. The molecule has 3 aromatic carbocycles. The molecule has 0 aliphatic carbocycles.